The zero-order valence-corrected chi connectivity index (χ0v) is 19.8. The highest BCUT2D eigenvalue weighted by Gasteiger charge is 2.20. The van der Waals surface area contributed by atoms with Crippen LogP contribution in [0.3, 0.4) is 0 Å². The highest BCUT2D eigenvalue weighted by Crippen LogP contribution is 2.37. The van der Waals surface area contributed by atoms with Gasteiger partial charge in [0, 0.05) is 28.8 Å². The van der Waals surface area contributed by atoms with Crippen molar-refractivity contribution in [3.05, 3.63) is 65.7 Å². The lowest BCUT2D eigenvalue weighted by Gasteiger charge is -2.25. The SMILES string of the molecule is C=C(NCC1CCCCC1)c1c(CC)c(-c2ccccc2)nc2cc(CC)c(OC)cc12. The molecule has 3 aromatic rings. The summed E-state index contributed by atoms with van der Waals surface area (Å²) < 4.78 is 5.74. The molecule has 0 atom stereocenters. The highest BCUT2D eigenvalue weighted by molar-refractivity contribution is 5.96. The van der Waals surface area contributed by atoms with E-state index < -0.39 is 0 Å². The van der Waals surface area contributed by atoms with E-state index in [1.165, 1.54) is 48.8 Å². The van der Waals surface area contributed by atoms with Gasteiger partial charge in [0.1, 0.15) is 5.75 Å². The predicted octanol–water partition coefficient (Wildman–Crippen LogP) is 7.18. The smallest absolute Gasteiger partial charge is 0.122 e. The molecule has 0 aliphatic heterocycles. The summed E-state index contributed by atoms with van der Waals surface area (Å²) >= 11 is 0. The molecule has 3 heteroatoms. The maximum atomic E-state index is 5.74. The Morgan fingerprint density at radius 1 is 1.06 bits per heavy atom. The topological polar surface area (TPSA) is 34.2 Å². The molecule has 1 aliphatic rings. The Balaban J connectivity index is 1.85. The van der Waals surface area contributed by atoms with Crippen LogP contribution in [0.15, 0.2) is 49.0 Å². The molecule has 0 spiro atoms. The average molecular weight is 429 g/mol. The standard InChI is InChI=1S/C29H36N2O/c1-5-22-17-26-25(18-27(22)32-4)28(20(3)30-19-21-13-9-7-10-14-21)24(6-2)29(31-26)23-15-11-8-12-16-23/h8,11-12,15-18,21,30H,3,5-7,9-10,13-14,19H2,1-2,4H3. The number of aromatic nitrogens is 1. The van der Waals surface area contributed by atoms with Crippen LogP contribution in [0.2, 0.25) is 0 Å². The fourth-order valence-electron chi connectivity index (χ4n) is 5.11. The van der Waals surface area contributed by atoms with Crippen LogP contribution in [0.1, 0.15) is 62.6 Å². The summed E-state index contributed by atoms with van der Waals surface area (Å²) in [5.74, 6) is 1.67. The molecular weight excluding hydrogens is 392 g/mol. The van der Waals surface area contributed by atoms with Crippen LogP contribution in [-0.2, 0) is 12.8 Å². The van der Waals surface area contributed by atoms with Crippen molar-refractivity contribution in [2.75, 3.05) is 13.7 Å². The minimum Gasteiger partial charge on any atom is -0.496 e. The Hall–Kier alpha value is -2.81. The Bertz CT molecular complexity index is 1080. The first kappa shape index (κ1) is 22.4. The molecule has 168 valence electrons. The second-order valence-electron chi connectivity index (χ2n) is 8.93. The molecule has 1 fully saturated rings. The van der Waals surface area contributed by atoms with Gasteiger partial charge in [-0.1, -0.05) is 70.0 Å². The van der Waals surface area contributed by atoms with Gasteiger partial charge in [-0.25, -0.2) is 4.98 Å². The number of fused-ring (bicyclic) bond motifs is 1. The van der Waals surface area contributed by atoms with Crippen LogP contribution in [-0.4, -0.2) is 18.6 Å². The normalized spacial score (nSPS) is 14.5. The molecule has 1 N–H and O–H groups in total. The molecule has 1 aromatic heterocycles. The fourth-order valence-corrected chi connectivity index (χ4v) is 5.11. The largest absolute Gasteiger partial charge is 0.496 e. The van der Waals surface area contributed by atoms with Crippen molar-refractivity contribution in [1.29, 1.82) is 0 Å². The predicted molar refractivity (Wildman–Crippen MR) is 136 cm³/mol. The number of benzene rings is 2. The molecule has 2 aromatic carbocycles. The van der Waals surface area contributed by atoms with Crippen molar-refractivity contribution >= 4 is 16.6 Å². The van der Waals surface area contributed by atoms with E-state index in [9.17, 15) is 0 Å². The van der Waals surface area contributed by atoms with Crippen LogP contribution in [0, 0.1) is 5.92 Å². The van der Waals surface area contributed by atoms with Crippen molar-refractivity contribution in [3.63, 3.8) is 0 Å². The van der Waals surface area contributed by atoms with E-state index in [4.69, 9.17) is 9.72 Å². The van der Waals surface area contributed by atoms with Gasteiger partial charge in [0.05, 0.1) is 18.3 Å². The molecule has 4 rings (SSSR count). The van der Waals surface area contributed by atoms with Crippen molar-refractivity contribution < 1.29 is 4.74 Å². The van der Waals surface area contributed by atoms with Crippen LogP contribution in [0.25, 0.3) is 27.9 Å². The van der Waals surface area contributed by atoms with Gasteiger partial charge in [-0.3, -0.25) is 0 Å². The summed E-state index contributed by atoms with van der Waals surface area (Å²) in [6, 6.07) is 14.9. The number of rotatable bonds is 8. The summed E-state index contributed by atoms with van der Waals surface area (Å²) in [6.45, 7) is 9.89. The third kappa shape index (κ3) is 4.53. The lowest BCUT2D eigenvalue weighted by molar-refractivity contribution is 0.355. The number of nitrogens with zero attached hydrogens (tertiary/aromatic N) is 1. The van der Waals surface area contributed by atoms with Gasteiger partial charge in [0.2, 0.25) is 0 Å². The second kappa shape index (κ2) is 10.2. The Labute approximate surface area is 192 Å². The van der Waals surface area contributed by atoms with Crippen LogP contribution in [0.5, 0.6) is 5.75 Å². The van der Waals surface area contributed by atoms with E-state index in [2.05, 4.69) is 68.2 Å². The van der Waals surface area contributed by atoms with Gasteiger partial charge in [-0.2, -0.15) is 0 Å². The lowest BCUT2D eigenvalue weighted by atomic mass is 9.88. The van der Waals surface area contributed by atoms with E-state index in [1.807, 2.05) is 0 Å². The first-order chi connectivity index (χ1) is 15.7. The number of hydrogen-bond acceptors (Lipinski definition) is 3. The van der Waals surface area contributed by atoms with Gasteiger partial charge >= 0.3 is 0 Å². The maximum absolute atomic E-state index is 5.74. The summed E-state index contributed by atoms with van der Waals surface area (Å²) in [6.07, 6.45) is 8.53. The molecule has 1 saturated carbocycles. The zero-order chi connectivity index (χ0) is 22.5. The number of ether oxygens (including phenoxy) is 1. The highest BCUT2D eigenvalue weighted by atomic mass is 16.5. The molecule has 0 bridgehead atoms. The van der Waals surface area contributed by atoms with Gasteiger partial charge in [0.15, 0.2) is 0 Å². The zero-order valence-electron chi connectivity index (χ0n) is 19.8. The van der Waals surface area contributed by atoms with E-state index in [0.717, 1.165) is 58.9 Å². The van der Waals surface area contributed by atoms with Gasteiger partial charge in [-0.15, -0.1) is 0 Å². The Morgan fingerprint density at radius 3 is 2.47 bits per heavy atom. The van der Waals surface area contributed by atoms with E-state index in [0.29, 0.717) is 0 Å². The molecule has 1 heterocycles. The third-order valence-electron chi connectivity index (χ3n) is 6.90. The Kier molecular flexibility index (Phi) is 7.14. The number of hydrogen-bond donors (Lipinski definition) is 1. The molecule has 0 saturated heterocycles. The summed E-state index contributed by atoms with van der Waals surface area (Å²) in [5.41, 5.74) is 7.84. The van der Waals surface area contributed by atoms with Crippen LogP contribution >= 0.6 is 0 Å². The molecule has 0 radical (unpaired) electrons. The van der Waals surface area contributed by atoms with Crippen LogP contribution < -0.4 is 10.1 Å². The molecule has 0 amide bonds. The number of nitrogens with one attached hydrogen (secondary N) is 1. The third-order valence-corrected chi connectivity index (χ3v) is 6.90. The average Bonchev–Trinajstić information content (AvgIpc) is 2.86. The first-order valence-electron chi connectivity index (χ1n) is 12.2. The summed E-state index contributed by atoms with van der Waals surface area (Å²) in [4.78, 5) is 5.17. The van der Waals surface area contributed by atoms with Gasteiger partial charge in [0.25, 0.3) is 0 Å². The second-order valence-corrected chi connectivity index (χ2v) is 8.93. The Morgan fingerprint density at radius 2 is 1.81 bits per heavy atom. The van der Waals surface area contributed by atoms with Gasteiger partial charge in [-0.05, 0) is 54.9 Å². The lowest BCUT2D eigenvalue weighted by Crippen LogP contribution is -2.23. The molecular formula is C29H36N2O. The minimum atomic E-state index is 0.744. The van der Waals surface area contributed by atoms with Crippen molar-refractivity contribution in [3.8, 4) is 17.0 Å². The molecule has 0 unspecified atom stereocenters. The number of aryl methyl sites for hydroxylation is 1. The van der Waals surface area contributed by atoms with Gasteiger partial charge < -0.3 is 10.1 Å². The summed E-state index contributed by atoms with van der Waals surface area (Å²) in [5, 5.41) is 4.84. The van der Waals surface area contributed by atoms with Crippen LogP contribution in [0.4, 0.5) is 0 Å². The first-order valence-corrected chi connectivity index (χ1v) is 12.2. The van der Waals surface area contributed by atoms with E-state index in [-0.39, 0.29) is 0 Å². The van der Waals surface area contributed by atoms with E-state index in [1.54, 1.807) is 7.11 Å². The monoisotopic (exact) mass is 428 g/mol. The fraction of sp³-hybridized carbons (Fsp3) is 0.414. The van der Waals surface area contributed by atoms with E-state index >= 15 is 0 Å². The quantitative estimate of drug-likeness (QED) is 0.413. The minimum absolute atomic E-state index is 0.744. The van der Waals surface area contributed by atoms with Crippen molar-refractivity contribution in [2.24, 2.45) is 5.92 Å². The summed E-state index contributed by atoms with van der Waals surface area (Å²) in [7, 11) is 1.75. The number of methoxy groups -OCH3 is 1. The molecule has 32 heavy (non-hydrogen) atoms. The number of pyridine rings is 1. The molecule has 3 nitrogen and oxygen atoms in total. The molecule has 1 aliphatic carbocycles. The maximum Gasteiger partial charge on any atom is 0.122 e. The van der Waals surface area contributed by atoms with Crippen molar-refractivity contribution in [2.45, 2.75) is 58.8 Å². The van der Waals surface area contributed by atoms with Crippen molar-refractivity contribution in [1.82, 2.24) is 10.3 Å².